The number of hydrogen-bond donors (Lipinski definition) is 2. The summed E-state index contributed by atoms with van der Waals surface area (Å²) in [5.74, 6) is 0.306. The van der Waals surface area contributed by atoms with E-state index >= 15 is 0 Å². The molecule has 0 unspecified atom stereocenters. The predicted molar refractivity (Wildman–Crippen MR) is 100 cm³/mol. The highest BCUT2D eigenvalue weighted by atomic mass is 16.3. The van der Waals surface area contributed by atoms with Crippen LogP contribution in [0.1, 0.15) is 34.8 Å². The Morgan fingerprint density at radius 1 is 1.04 bits per heavy atom. The number of furan rings is 1. The molecule has 0 aliphatic rings. The van der Waals surface area contributed by atoms with Gasteiger partial charge in [-0.2, -0.15) is 0 Å². The van der Waals surface area contributed by atoms with E-state index in [1.54, 1.807) is 12.1 Å². The molecular formula is C20H23N3O3. The van der Waals surface area contributed by atoms with Gasteiger partial charge in [-0.25, -0.2) is 0 Å². The molecule has 0 saturated heterocycles. The van der Waals surface area contributed by atoms with Crippen molar-refractivity contribution in [1.82, 2.24) is 15.2 Å². The molecule has 6 nitrogen and oxygen atoms in total. The number of rotatable bonds is 7. The van der Waals surface area contributed by atoms with Crippen molar-refractivity contribution >= 4 is 22.7 Å². The molecule has 2 heterocycles. The molecule has 0 atom stereocenters. The molecule has 2 aromatic heterocycles. The maximum Gasteiger partial charge on any atom is 0.287 e. The van der Waals surface area contributed by atoms with Crippen LogP contribution in [0.3, 0.4) is 0 Å². The Morgan fingerprint density at radius 3 is 2.46 bits per heavy atom. The van der Waals surface area contributed by atoms with Crippen LogP contribution in [0.25, 0.3) is 10.9 Å². The third-order valence-electron chi connectivity index (χ3n) is 4.04. The lowest BCUT2D eigenvalue weighted by molar-refractivity contribution is 0.0911. The van der Waals surface area contributed by atoms with Gasteiger partial charge in [-0.05, 0) is 24.1 Å². The van der Waals surface area contributed by atoms with Gasteiger partial charge in [0, 0.05) is 36.7 Å². The molecule has 0 bridgehead atoms. The molecule has 0 aliphatic heterocycles. The number of nitrogens with one attached hydrogen (secondary N) is 2. The number of carbonyl (C=O) groups excluding carboxylic acids is 2. The number of fused-ring (bicyclic) bond motifs is 1. The minimum Gasteiger partial charge on any atom is -0.459 e. The number of para-hydroxylation sites is 1. The molecule has 0 spiro atoms. The summed E-state index contributed by atoms with van der Waals surface area (Å²) in [6.07, 6.45) is 3.35. The van der Waals surface area contributed by atoms with Crippen LogP contribution in [0.5, 0.6) is 0 Å². The average molecular weight is 353 g/mol. The van der Waals surface area contributed by atoms with E-state index in [9.17, 15) is 9.59 Å². The first-order valence-corrected chi connectivity index (χ1v) is 8.74. The normalized spacial score (nSPS) is 11.0. The van der Waals surface area contributed by atoms with Gasteiger partial charge in [0.25, 0.3) is 11.8 Å². The van der Waals surface area contributed by atoms with Crippen LogP contribution in [0.15, 0.2) is 53.3 Å². The lowest BCUT2D eigenvalue weighted by Crippen LogP contribution is -2.34. The van der Waals surface area contributed by atoms with Gasteiger partial charge in [-0.1, -0.05) is 32.0 Å². The summed E-state index contributed by atoms with van der Waals surface area (Å²) in [5.41, 5.74) is 1.70. The van der Waals surface area contributed by atoms with Crippen LogP contribution in [0.2, 0.25) is 0 Å². The van der Waals surface area contributed by atoms with Gasteiger partial charge in [-0.15, -0.1) is 0 Å². The Morgan fingerprint density at radius 2 is 1.77 bits per heavy atom. The summed E-state index contributed by atoms with van der Waals surface area (Å²) < 4.78 is 7.14. The summed E-state index contributed by atoms with van der Waals surface area (Å²) in [7, 11) is 0. The topological polar surface area (TPSA) is 76.3 Å². The van der Waals surface area contributed by atoms with Gasteiger partial charge in [-0.3, -0.25) is 9.59 Å². The zero-order chi connectivity index (χ0) is 18.5. The van der Waals surface area contributed by atoms with E-state index in [4.69, 9.17) is 4.42 Å². The van der Waals surface area contributed by atoms with Gasteiger partial charge in [0.05, 0.1) is 11.8 Å². The Bertz CT molecular complexity index is 894. The molecule has 3 rings (SSSR count). The smallest absolute Gasteiger partial charge is 0.287 e. The minimum atomic E-state index is -0.294. The average Bonchev–Trinajstić information content (AvgIpc) is 3.27. The molecule has 0 aliphatic carbocycles. The Kier molecular flexibility index (Phi) is 5.41. The van der Waals surface area contributed by atoms with Crippen molar-refractivity contribution in [2.45, 2.75) is 20.4 Å². The first kappa shape index (κ1) is 17.8. The van der Waals surface area contributed by atoms with E-state index in [1.807, 2.05) is 30.5 Å². The minimum absolute atomic E-state index is 0.143. The largest absolute Gasteiger partial charge is 0.459 e. The van der Waals surface area contributed by atoms with Crippen molar-refractivity contribution in [2.75, 3.05) is 13.1 Å². The monoisotopic (exact) mass is 353 g/mol. The van der Waals surface area contributed by atoms with Gasteiger partial charge in [0.1, 0.15) is 0 Å². The molecule has 1 aromatic carbocycles. The SMILES string of the molecule is CC(C)Cn1cc(C(=O)NCCNC(=O)c2ccco2)c2ccccc21. The highest BCUT2D eigenvalue weighted by molar-refractivity contribution is 6.07. The maximum atomic E-state index is 12.6. The second-order valence-corrected chi connectivity index (χ2v) is 6.60. The van der Waals surface area contributed by atoms with Gasteiger partial charge < -0.3 is 19.6 Å². The summed E-state index contributed by atoms with van der Waals surface area (Å²) >= 11 is 0. The number of benzene rings is 1. The van der Waals surface area contributed by atoms with E-state index in [2.05, 4.69) is 29.0 Å². The van der Waals surface area contributed by atoms with Crippen molar-refractivity contribution in [3.8, 4) is 0 Å². The molecule has 26 heavy (non-hydrogen) atoms. The highest BCUT2D eigenvalue weighted by Crippen LogP contribution is 2.22. The summed E-state index contributed by atoms with van der Waals surface area (Å²) in [6.45, 7) is 5.82. The van der Waals surface area contributed by atoms with Crippen molar-refractivity contribution in [3.05, 3.63) is 60.2 Å². The molecular weight excluding hydrogens is 330 g/mol. The van der Waals surface area contributed by atoms with Crippen LogP contribution in [-0.4, -0.2) is 29.5 Å². The number of amides is 2. The molecule has 6 heteroatoms. The number of nitrogens with zero attached hydrogens (tertiary/aromatic N) is 1. The van der Waals surface area contributed by atoms with Gasteiger partial charge >= 0.3 is 0 Å². The second-order valence-electron chi connectivity index (χ2n) is 6.60. The zero-order valence-corrected chi connectivity index (χ0v) is 15.0. The Labute approximate surface area is 152 Å². The Balaban J connectivity index is 1.62. The van der Waals surface area contributed by atoms with Crippen molar-refractivity contribution in [1.29, 1.82) is 0 Å². The summed E-state index contributed by atoms with van der Waals surface area (Å²) in [5, 5.41) is 6.50. The van der Waals surface area contributed by atoms with E-state index < -0.39 is 0 Å². The molecule has 3 aromatic rings. The fourth-order valence-electron chi connectivity index (χ4n) is 2.91. The van der Waals surface area contributed by atoms with Gasteiger partial charge in [0.2, 0.25) is 0 Å². The standard InChI is InChI=1S/C20H23N3O3/c1-14(2)12-23-13-16(15-6-3-4-7-17(15)23)19(24)21-9-10-22-20(25)18-8-5-11-26-18/h3-8,11,13-14H,9-10,12H2,1-2H3,(H,21,24)(H,22,25). The summed E-state index contributed by atoms with van der Waals surface area (Å²) in [4.78, 5) is 24.4. The van der Waals surface area contributed by atoms with Gasteiger partial charge in [0.15, 0.2) is 5.76 Å². The third kappa shape index (κ3) is 3.96. The first-order chi connectivity index (χ1) is 12.6. The molecule has 0 radical (unpaired) electrons. The molecule has 2 amide bonds. The van der Waals surface area contributed by atoms with E-state index in [0.717, 1.165) is 17.4 Å². The number of hydrogen-bond acceptors (Lipinski definition) is 3. The lowest BCUT2D eigenvalue weighted by Gasteiger charge is -2.07. The number of carbonyl (C=O) groups is 2. The highest BCUT2D eigenvalue weighted by Gasteiger charge is 2.15. The van der Waals surface area contributed by atoms with Crippen LogP contribution in [-0.2, 0) is 6.54 Å². The lowest BCUT2D eigenvalue weighted by atomic mass is 10.1. The van der Waals surface area contributed by atoms with E-state index in [-0.39, 0.29) is 17.6 Å². The molecule has 2 N–H and O–H groups in total. The van der Waals surface area contributed by atoms with Crippen LogP contribution >= 0.6 is 0 Å². The molecule has 0 fully saturated rings. The second kappa shape index (κ2) is 7.91. The molecule has 0 saturated carbocycles. The fourth-order valence-corrected chi connectivity index (χ4v) is 2.91. The number of aromatic nitrogens is 1. The summed E-state index contributed by atoms with van der Waals surface area (Å²) in [6, 6.07) is 11.1. The van der Waals surface area contributed by atoms with Crippen molar-refractivity contribution < 1.29 is 14.0 Å². The molecule has 136 valence electrons. The van der Waals surface area contributed by atoms with E-state index in [1.165, 1.54) is 6.26 Å². The van der Waals surface area contributed by atoms with E-state index in [0.29, 0.717) is 24.6 Å². The fraction of sp³-hybridized carbons (Fsp3) is 0.300. The van der Waals surface area contributed by atoms with Crippen molar-refractivity contribution in [2.24, 2.45) is 5.92 Å². The maximum absolute atomic E-state index is 12.6. The van der Waals surface area contributed by atoms with Crippen LogP contribution < -0.4 is 10.6 Å². The Hall–Kier alpha value is -3.02. The van der Waals surface area contributed by atoms with Crippen LogP contribution in [0.4, 0.5) is 0 Å². The first-order valence-electron chi connectivity index (χ1n) is 8.74. The quantitative estimate of drug-likeness (QED) is 0.641. The zero-order valence-electron chi connectivity index (χ0n) is 15.0. The third-order valence-corrected chi connectivity index (χ3v) is 4.04. The van der Waals surface area contributed by atoms with Crippen molar-refractivity contribution in [3.63, 3.8) is 0 Å². The predicted octanol–water partition coefficient (Wildman–Crippen LogP) is 3.05. The van der Waals surface area contributed by atoms with Crippen LogP contribution in [0, 0.1) is 5.92 Å².